The number of nitrogens with one attached hydrogen (secondary N) is 1. The molecule has 0 aliphatic rings. The highest BCUT2D eigenvalue weighted by Gasteiger charge is 2.41. The summed E-state index contributed by atoms with van der Waals surface area (Å²) in [7, 11) is -4.31. The molecule has 0 radical (unpaired) electrons. The van der Waals surface area contributed by atoms with Crippen molar-refractivity contribution in [2.75, 3.05) is 6.54 Å². The first-order valence-corrected chi connectivity index (χ1v) is 7.59. The quantitative estimate of drug-likeness (QED) is 0.754. The molecule has 1 rings (SSSR count). The fourth-order valence-electron chi connectivity index (χ4n) is 1.50. The topological polar surface area (TPSA) is 72.2 Å². The van der Waals surface area contributed by atoms with Gasteiger partial charge < -0.3 is 5.73 Å². The standard InChI is InChI=1S/C12H16F4N2O2S/c1-2-10(17)8-4-3-5-9(6-8)21(19,20)18-7-12(15,16)11(13)14/h3-6,10-11,18H,2,7,17H2,1H3. The zero-order valence-electron chi connectivity index (χ0n) is 11.2. The number of hydrogen-bond acceptors (Lipinski definition) is 3. The van der Waals surface area contributed by atoms with Gasteiger partial charge in [0, 0.05) is 6.04 Å². The molecule has 1 atom stereocenters. The van der Waals surface area contributed by atoms with Gasteiger partial charge in [0.05, 0.1) is 11.4 Å². The first kappa shape index (κ1) is 17.9. The molecular weight excluding hydrogens is 312 g/mol. The molecule has 0 aliphatic heterocycles. The van der Waals surface area contributed by atoms with Crippen LogP contribution in [-0.2, 0) is 10.0 Å². The number of rotatable bonds is 7. The molecule has 0 aliphatic carbocycles. The molecular formula is C12H16F4N2O2S. The molecule has 3 N–H and O–H groups in total. The number of sulfonamides is 1. The Morgan fingerprint density at radius 2 is 1.95 bits per heavy atom. The molecule has 1 aromatic carbocycles. The van der Waals surface area contributed by atoms with Crippen molar-refractivity contribution in [2.45, 2.75) is 36.6 Å². The predicted molar refractivity (Wildman–Crippen MR) is 69.8 cm³/mol. The van der Waals surface area contributed by atoms with Gasteiger partial charge >= 0.3 is 12.3 Å². The van der Waals surface area contributed by atoms with Crippen molar-refractivity contribution in [2.24, 2.45) is 5.73 Å². The zero-order chi connectivity index (χ0) is 16.3. The number of alkyl halides is 4. The van der Waals surface area contributed by atoms with Crippen LogP contribution < -0.4 is 10.5 Å². The van der Waals surface area contributed by atoms with Crippen LogP contribution in [0.15, 0.2) is 29.2 Å². The molecule has 0 saturated carbocycles. The third kappa shape index (κ3) is 4.65. The summed E-state index contributed by atoms with van der Waals surface area (Å²) in [5.74, 6) is -4.43. The number of hydrogen-bond donors (Lipinski definition) is 2. The molecule has 9 heteroatoms. The minimum absolute atomic E-state index is 0.297. The smallest absolute Gasteiger partial charge is 0.320 e. The summed E-state index contributed by atoms with van der Waals surface area (Å²) < 4.78 is 74.7. The number of benzene rings is 1. The highest BCUT2D eigenvalue weighted by molar-refractivity contribution is 7.89. The average molecular weight is 328 g/mol. The monoisotopic (exact) mass is 328 g/mol. The maximum atomic E-state index is 12.8. The summed E-state index contributed by atoms with van der Waals surface area (Å²) >= 11 is 0. The van der Waals surface area contributed by atoms with Crippen molar-refractivity contribution in [3.05, 3.63) is 29.8 Å². The third-order valence-electron chi connectivity index (χ3n) is 2.85. The van der Waals surface area contributed by atoms with Crippen LogP contribution in [0.3, 0.4) is 0 Å². The summed E-state index contributed by atoms with van der Waals surface area (Å²) in [6.45, 7) is 0.129. The molecule has 0 saturated heterocycles. The van der Waals surface area contributed by atoms with Gasteiger partial charge in [0.1, 0.15) is 0 Å². The minimum Gasteiger partial charge on any atom is -0.324 e. The Labute approximate surface area is 120 Å². The van der Waals surface area contributed by atoms with Gasteiger partial charge in [-0.3, -0.25) is 0 Å². The van der Waals surface area contributed by atoms with Gasteiger partial charge in [0.25, 0.3) is 0 Å². The average Bonchev–Trinajstić information content (AvgIpc) is 2.44. The molecule has 0 fully saturated rings. The van der Waals surface area contributed by atoms with E-state index < -0.39 is 35.0 Å². The molecule has 120 valence electrons. The molecule has 0 aromatic heterocycles. The van der Waals surface area contributed by atoms with E-state index in [0.29, 0.717) is 12.0 Å². The van der Waals surface area contributed by atoms with Crippen LogP contribution in [0.2, 0.25) is 0 Å². The molecule has 0 spiro atoms. The second-order valence-corrected chi connectivity index (χ2v) is 6.24. The van der Waals surface area contributed by atoms with Crippen LogP contribution in [0.1, 0.15) is 24.9 Å². The Bertz CT molecular complexity index is 578. The second-order valence-electron chi connectivity index (χ2n) is 4.47. The lowest BCUT2D eigenvalue weighted by Gasteiger charge is -2.16. The van der Waals surface area contributed by atoms with E-state index in [1.165, 1.54) is 22.9 Å². The number of halogens is 4. The lowest BCUT2D eigenvalue weighted by molar-refractivity contribution is -0.122. The van der Waals surface area contributed by atoms with Crippen molar-refractivity contribution in [3.8, 4) is 0 Å². The van der Waals surface area contributed by atoms with Crippen molar-refractivity contribution < 1.29 is 26.0 Å². The van der Waals surface area contributed by atoms with Crippen LogP contribution in [0.5, 0.6) is 0 Å². The van der Waals surface area contributed by atoms with Crippen LogP contribution in [0, 0.1) is 0 Å². The van der Waals surface area contributed by atoms with Crippen molar-refractivity contribution in [1.29, 1.82) is 0 Å². The summed E-state index contributed by atoms with van der Waals surface area (Å²) in [5, 5.41) is 0. The Kier molecular flexibility index (Phi) is 5.71. The Morgan fingerprint density at radius 3 is 2.48 bits per heavy atom. The summed E-state index contributed by atoms with van der Waals surface area (Å²) in [6, 6.07) is 5.01. The van der Waals surface area contributed by atoms with E-state index in [2.05, 4.69) is 0 Å². The maximum Gasteiger partial charge on any atom is 0.320 e. The van der Waals surface area contributed by atoms with Crippen molar-refractivity contribution in [1.82, 2.24) is 4.72 Å². The summed E-state index contributed by atoms with van der Waals surface area (Å²) in [5.41, 5.74) is 6.27. The van der Waals surface area contributed by atoms with Crippen LogP contribution in [0.4, 0.5) is 17.6 Å². The fraction of sp³-hybridized carbons (Fsp3) is 0.500. The molecule has 21 heavy (non-hydrogen) atoms. The molecule has 1 unspecified atom stereocenters. The van der Waals surface area contributed by atoms with Gasteiger partial charge in [0.15, 0.2) is 0 Å². The summed E-state index contributed by atoms with van der Waals surface area (Å²) in [6.07, 6.45) is -3.39. The van der Waals surface area contributed by atoms with Crippen molar-refractivity contribution >= 4 is 10.0 Å². The van der Waals surface area contributed by atoms with Crippen LogP contribution in [-0.4, -0.2) is 27.3 Å². The first-order chi connectivity index (χ1) is 9.60. The van der Waals surface area contributed by atoms with E-state index in [1.807, 2.05) is 0 Å². The lowest BCUT2D eigenvalue weighted by atomic mass is 10.1. The van der Waals surface area contributed by atoms with Gasteiger partial charge in [-0.05, 0) is 24.1 Å². The minimum atomic E-state index is -4.43. The maximum absolute atomic E-state index is 12.8. The number of nitrogens with two attached hydrogens (primary N) is 1. The van der Waals surface area contributed by atoms with E-state index in [-0.39, 0.29) is 4.90 Å². The molecule has 1 aromatic rings. The molecule has 0 bridgehead atoms. The third-order valence-corrected chi connectivity index (χ3v) is 4.25. The highest BCUT2D eigenvalue weighted by atomic mass is 32.2. The van der Waals surface area contributed by atoms with Gasteiger partial charge in [-0.25, -0.2) is 21.9 Å². The Hall–Kier alpha value is -1.19. The van der Waals surface area contributed by atoms with E-state index in [0.717, 1.165) is 0 Å². The Morgan fingerprint density at radius 1 is 1.33 bits per heavy atom. The van der Waals surface area contributed by atoms with Gasteiger partial charge in [0.2, 0.25) is 10.0 Å². The Balaban J connectivity index is 2.94. The SMILES string of the molecule is CCC(N)c1cccc(S(=O)(=O)NCC(F)(F)C(F)F)c1. The van der Waals surface area contributed by atoms with Crippen molar-refractivity contribution in [3.63, 3.8) is 0 Å². The van der Waals surface area contributed by atoms with E-state index >= 15 is 0 Å². The van der Waals surface area contributed by atoms with E-state index in [9.17, 15) is 26.0 Å². The highest BCUT2D eigenvalue weighted by Crippen LogP contribution is 2.23. The first-order valence-electron chi connectivity index (χ1n) is 6.11. The van der Waals surface area contributed by atoms with Gasteiger partial charge in [-0.15, -0.1) is 0 Å². The predicted octanol–water partition coefficient (Wildman–Crippen LogP) is 2.28. The second kappa shape index (κ2) is 6.71. The van der Waals surface area contributed by atoms with E-state index in [4.69, 9.17) is 5.73 Å². The fourth-order valence-corrected chi connectivity index (χ4v) is 2.60. The lowest BCUT2D eigenvalue weighted by Crippen LogP contribution is -2.41. The normalized spacial score (nSPS) is 14.4. The van der Waals surface area contributed by atoms with Crippen LogP contribution in [0.25, 0.3) is 0 Å². The zero-order valence-corrected chi connectivity index (χ0v) is 12.0. The van der Waals surface area contributed by atoms with E-state index in [1.54, 1.807) is 13.0 Å². The van der Waals surface area contributed by atoms with Gasteiger partial charge in [-0.1, -0.05) is 19.1 Å². The molecule has 0 heterocycles. The van der Waals surface area contributed by atoms with Gasteiger partial charge in [-0.2, -0.15) is 8.78 Å². The molecule has 4 nitrogen and oxygen atoms in total. The largest absolute Gasteiger partial charge is 0.324 e. The van der Waals surface area contributed by atoms with Crippen LogP contribution >= 0.6 is 0 Å². The molecule has 0 amide bonds. The summed E-state index contributed by atoms with van der Waals surface area (Å²) in [4.78, 5) is -0.297.